The summed E-state index contributed by atoms with van der Waals surface area (Å²) in [5.74, 6) is -3.78. The minimum absolute atomic E-state index is 0.221. The van der Waals surface area contributed by atoms with E-state index in [1.807, 2.05) is 43.3 Å². The van der Waals surface area contributed by atoms with Crippen molar-refractivity contribution in [2.45, 2.75) is 13.1 Å². The second-order valence-corrected chi connectivity index (χ2v) is 5.12. The molecule has 0 aliphatic heterocycles. The monoisotopic (exact) mass is 294 g/mol. The number of benzene rings is 2. The van der Waals surface area contributed by atoms with Crippen LogP contribution in [0.5, 0.6) is 0 Å². The highest BCUT2D eigenvalue weighted by Crippen LogP contribution is 2.19. The summed E-state index contributed by atoms with van der Waals surface area (Å²) in [7, 11) is 3.92. The second kappa shape index (κ2) is 6.63. The van der Waals surface area contributed by atoms with E-state index in [2.05, 4.69) is 5.32 Å². The summed E-state index contributed by atoms with van der Waals surface area (Å²) in [6.45, 7) is 0.966. The van der Waals surface area contributed by atoms with Gasteiger partial charge < -0.3 is 10.2 Å². The Kier molecular flexibility index (Phi) is 4.85. The van der Waals surface area contributed by atoms with Gasteiger partial charge in [0.25, 0.3) is 0 Å². The summed E-state index contributed by atoms with van der Waals surface area (Å²) < 4.78 is 39.2. The zero-order valence-corrected chi connectivity index (χ0v) is 12.0. The zero-order chi connectivity index (χ0) is 15.4. The molecule has 1 N–H and O–H groups in total. The molecule has 112 valence electrons. The van der Waals surface area contributed by atoms with Gasteiger partial charge >= 0.3 is 0 Å². The molecule has 2 nitrogen and oxygen atoms in total. The SMILES string of the molecule is CN(C)Cc1ccccc1NCc1cc(F)c(F)c(F)c1. The number of hydrogen-bond donors (Lipinski definition) is 1. The molecule has 0 aliphatic rings. The van der Waals surface area contributed by atoms with Crippen molar-refractivity contribution in [2.24, 2.45) is 0 Å². The summed E-state index contributed by atoms with van der Waals surface area (Å²) in [4.78, 5) is 2.03. The summed E-state index contributed by atoms with van der Waals surface area (Å²) in [6, 6.07) is 9.69. The number of para-hydroxylation sites is 1. The fourth-order valence-electron chi connectivity index (χ4n) is 2.08. The molecule has 0 aromatic heterocycles. The largest absolute Gasteiger partial charge is 0.381 e. The third-order valence-electron chi connectivity index (χ3n) is 3.03. The first-order valence-electron chi connectivity index (χ1n) is 6.57. The number of nitrogens with one attached hydrogen (secondary N) is 1. The van der Waals surface area contributed by atoms with E-state index in [0.29, 0.717) is 5.56 Å². The van der Waals surface area contributed by atoms with Crippen molar-refractivity contribution >= 4 is 5.69 Å². The zero-order valence-electron chi connectivity index (χ0n) is 12.0. The molecule has 0 amide bonds. The second-order valence-electron chi connectivity index (χ2n) is 5.12. The lowest BCUT2D eigenvalue weighted by Crippen LogP contribution is -2.13. The number of halogens is 3. The Labute approximate surface area is 122 Å². The van der Waals surface area contributed by atoms with Gasteiger partial charge in [-0.2, -0.15) is 0 Å². The molecule has 0 unspecified atom stereocenters. The molecule has 0 bridgehead atoms. The highest BCUT2D eigenvalue weighted by atomic mass is 19.2. The van der Waals surface area contributed by atoms with Crippen LogP contribution in [0, 0.1) is 17.5 Å². The molecule has 0 radical (unpaired) electrons. The molecule has 0 heterocycles. The maximum atomic E-state index is 13.2. The quantitative estimate of drug-likeness (QED) is 0.844. The average Bonchev–Trinajstić information content (AvgIpc) is 2.43. The fourth-order valence-corrected chi connectivity index (χ4v) is 2.08. The summed E-state index contributed by atoms with van der Waals surface area (Å²) >= 11 is 0. The molecule has 2 aromatic rings. The topological polar surface area (TPSA) is 15.3 Å². The average molecular weight is 294 g/mol. The number of hydrogen-bond acceptors (Lipinski definition) is 2. The molecule has 0 atom stereocenters. The van der Waals surface area contributed by atoms with Gasteiger partial charge in [0.1, 0.15) is 0 Å². The van der Waals surface area contributed by atoms with E-state index in [4.69, 9.17) is 0 Å². The third-order valence-corrected chi connectivity index (χ3v) is 3.03. The molecule has 2 aromatic carbocycles. The maximum Gasteiger partial charge on any atom is 0.194 e. The van der Waals surface area contributed by atoms with Crippen molar-refractivity contribution in [1.29, 1.82) is 0 Å². The van der Waals surface area contributed by atoms with Gasteiger partial charge in [-0.3, -0.25) is 0 Å². The number of rotatable bonds is 5. The van der Waals surface area contributed by atoms with Gasteiger partial charge in [0.05, 0.1) is 0 Å². The van der Waals surface area contributed by atoms with Crippen LogP contribution < -0.4 is 5.32 Å². The molecule has 0 saturated heterocycles. The molecule has 2 rings (SSSR count). The first-order chi connectivity index (χ1) is 9.97. The van der Waals surface area contributed by atoms with Gasteiger partial charge in [-0.25, -0.2) is 13.2 Å². The Morgan fingerprint density at radius 1 is 1.00 bits per heavy atom. The molecular formula is C16H17F3N2. The smallest absolute Gasteiger partial charge is 0.194 e. The molecule has 0 spiro atoms. The standard InChI is InChI=1S/C16H17F3N2/c1-21(2)10-12-5-3-4-6-15(12)20-9-11-7-13(17)16(19)14(18)8-11/h3-8,20H,9-10H2,1-2H3. The van der Waals surface area contributed by atoms with Crippen LogP contribution in [0.25, 0.3) is 0 Å². The molecular weight excluding hydrogens is 277 g/mol. The van der Waals surface area contributed by atoms with E-state index in [1.54, 1.807) is 0 Å². The number of nitrogens with zero attached hydrogens (tertiary/aromatic N) is 1. The predicted octanol–water partition coefficient (Wildman–Crippen LogP) is 3.78. The van der Waals surface area contributed by atoms with Crippen molar-refractivity contribution < 1.29 is 13.2 Å². The van der Waals surface area contributed by atoms with Gasteiger partial charge in [0, 0.05) is 18.8 Å². The Morgan fingerprint density at radius 2 is 1.62 bits per heavy atom. The van der Waals surface area contributed by atoms with Crippen molar-refractivity contribution in [3.05, 3.63) is 65.0 Å². The molecule has 0 aliphatic carbocycles. The Morgan fingerprint density at radius 3 is 2.24 bits per heavy atom. The van der Waals surface area contributed by atoms with Crippen LogP contribution in [0.1, 0.15) is 11.1 Å². The number of anilines is 1. The van der Waals surface area contributed by atoms with Crippen LogP contribution >= 0.6 is 0 Å². The lowest BCUT2D eigenvalue weighted by molar-refractivity contribution is 0.403. The third kappa shape index (κ3) is 3.98. The van der Waals surface area contributed by atoms with Gasteiger partial charge in [-0.1, -0.05) is 18.2 Å². The predicted molar refractivity (Wildman–Crippen MR) is 77.5 cm³/mol. The normalized spacial score (nSPS) is 11.0. The molecule has 21 heavy (non-hydrogen) atoms. The van der Waals surface area contributed by atoms with Gasteiger partial charge in [0.2, 0.25) is 0 Å². The van der Waals surface area contributed by atoms with Crippen LogP contribution in [0.2, 0.25) is 0 Å². The first-order valence-corrected chi connectivity index (χ1v) is 6.57. The Balaban J connectivity index is 2.13. The van der Waals surface area contributed by atoms with Crippen molar-refractivity contribution in [2.75, 3.05) is 19.4 Å². The van der Waals surface area contributed by atoms with Gasteiger partial charge in [-0.05, 0) is 43.4 Å². The summed E-state index contributed by atoms with van der Waals surface area (Å²) in [5.41, 5.74) is 2.31. The Hall–Kier alpha value is -2.01. The first kappa shape index (κ1) is 15.4. The highest BCUT2D eigenvalue weighted by Gasteiger charge is 2.10. The minimum Gasteiger partial charge on any atom is -0.381 e. The molecule has 0 saturated carbocycles. The van der Waals surface area contributed by atoms with Crippen LogP contribution in [-0.2, 0) is 13.1 Å². The van der Waals surface area contributed by atoms with Crippen molar-refractivity contribution in [3.8, 4) is 0 Å². The van der Waals surface area contributed by atoms with E-state index in [-0.39, 0.29) is 6.54 Å². The van der Waals surface area contributed by atoms with Crippen LogP contribution in [0.15, 0.2) is 36.4 Å². The Bertz CT molecular complexity index is 604. The summed E-state index contributed by atoms with van der Waals surface area (Å²) in [6.07, 6.45) is 0. The van der Waals surface area contributed by atoms with Gasteiger partial charge in [-0.15, -0.1) is 0 Å². The van der Waals surface area contributed by atoms with Gasteiger partial charge in [0.15, 0.2) is 17.5 Å². The highest BCUT2D eigenvalue weighted by molar-refractivity contribution is 5.51. The fraction of sp³-hybridized carbons (Fsp3) is 0.250. The van der Waals surface area contributed by atoms with E-state index in [9.17, 15) is 13.2 Å². The van der Waals surface area contributed by atoms with Crippen LogP contribution in [0.4, 0.5) is 18.9 Å². The lowest BCUT2D eigenvalue weighted by Gasteiger charge is -2.15. The molecule has 5 heteroatoms. The maximum absolute atomic E-state index is 13.2. The van der Waals surface area contributed by atoms with Crippen LogP contribution in [-0.4, -0.2) is 19.0 Å². The van der Waals surface area contributed by atoms with E-state index >= 15 is 0 Å². The van der Waals surface area contributed by atoms with E-state index < -0.39 is 17.5 Å². The van der Waals surface area contributed by atoms with E-state index in [1.165, 1.54) is 0 Å². The minimum atomic E-state index is -1.44. The summed E-state index contributed by atoms with van der Waals surface area (Å²) in [5, 5.41) is 3.13. The van der Waals surface area contributed by atoms with Crippen LogP contribution in [0.3, 0.4) is 0 Å². The lowest BCUT2D eigenvalue weighted by atomic mass is 10.1. The van der Waals surface area contributed by atoms with Crippen molar-refractivity contribution in [3.63, 3.8) is 0 Å². The molecule has 0 fully saturated rings. The van der Waals surface area contributed by atoms with Crippen molar-refractivity contribution in [1.82, 2.24) is 4.90 Å². The van der Waals surface area contributed by atoms with E-state index in [0.717, 1.165) is 29.9 Å².